The third kappa shape index (κ3) is 7.76. The predicted octanol–water partition coefficient (Wildman–Crippen LogP) is 3.62. The third-order valence-electron chi connectivity index (χ3n) is 4.60. The summed E-state index contributed by atoms with van der Waals surface area (Å²) in [4.78, 5) is 24.2. The molecule has 0 aliphatic heterocycles. The van der Waals surface area contributed by atoms with Crippen LogP contribution in [0.4, 0.5) is 9.59 Å². The molecule has 1 aliphatic carbocycles. The number of amides is 2. The second-order valence-corrected chi connectivity index (χ2v) is 8.18. The molecule has 1 aromatic rings. The second kappa shape index (κ2) is 10.3. The molecule has 2 N–H and O–H groups in total. The molecule has 0 aromatic heterocycles. The van der Waals surface area contributed by atoms with Crippen LogP contribution < -0.4 is 10.6 Å². The summed E-state index contributed by atoms with van der Waals surface area (Å²) in [6.45, 7) is 6.24. The fourth-order valence-electron chi connectivity index (χ4n) is 3.37. The summed E-state index contributed by atoms with van der Waals surface area (Å²) in [6, 6.07) is 9.49. The standard InChI is InChI=1S/C21H32N2O5/c1-21(2,3)28-20(25)22-17-10-11-18(16(12-17)14-26-4)23-19(24)27-13-15-8-6-5-7-9-15/h5-9,16-18H,10-14H2,1-4H3,(H,22,25)(H,23,24)/t16-,17+,18-/m0/s1. The molecule has 28 heavy (non-hydrogen) atoms. The Morgan fingerprint density at radius 2 is 1.79 bits per heavy atom. The molecule has 0 heterocycles. The molecule has 1 fully saturated rings. The number of carbonyl (C=O) groups is 2. The zero-order valence-electron chi connectivity index (χ0n) is 17.2. The van der Waals surface area contributed by atoms with E-state index in [1.54, 1.807) is 7.11 Å². The van der Waals surface area contributed by atoms with Gasteiger partial charge in [-0.3, -0.25) is 0 Å². The fraction of sp³-hybridized carbons (Fsp3) is 0.619. The molecule has 0 saturated heterocycles. The highest BCUT2D eigenvalue weighted by molar-refractivity contribution is 5.68. The largest absolute Gasteiger partial charge is 0.445 e. The molecule has 156 valence electrons. The van der Waals surface area contributed by atoms with Crippen molar-refractivity contribution in [2.45, 2.75) is 64.3 Å². The van der Waals surface area contributed by atoms with Gasteiger partial charge in [0.2, 0.25) is 0 Å². The van der Waals surface area contributed by atoms with Crippen LogP contribution in [0.15, 0.2) is 30.3 Å². The number of hydrogen-bond acceptors (Lipinski definition) is 5. The number of hydrogen-bond donors (Lipinski definition) is 2. The Bertz CT molecular complexity index is 629. The first-order valence-electron chi connectivity index (χ1n) is 9.72. The van der Waals surface area contributed by atoms with Crippen LogP contribution in [0.2, 0.25) is 0 Å². The fourth-order valence-corrected chi connectivity index (χ4v) is 3.37. The molecular formula is C21H32N2O5. The molecule has 0 unspecified atom stereocenters. The lowest BCUT2D eigenvalue weighted by atomic mass is 9.82. The normalized spacial score (nSPS) is 22.2. The summed E-state index contributed by atoms with van der Waals surface area (Å²) in [5.74, 6) is 0.0861. The molecule has 1 aromatic carbocycles. The third-order valence-corrected chi connectivity index (χ3v) is 4.60. The quantitative estimate of drug-likeness (QED) is 0.772. The first-order valence-corrected chi connectivity index (χ1v) is 9.72. The highest BCUT2D eigenvalue weighted by atomic mass is 16.6. The van der Waals surface area contributed by atoms with E-state index in [-0.39, 0.29) is 24.6 Å². The first-order chi connectivity index (χ1) is 13.3. The van der Waals surface area contributed by atoms with Crippen LogP contribution in [0.1, 0.15) is 45.6 Å². The van der Waals surface area contributed by atoms with Crippen molar-refractivity contribution in [2.24, 2.45) is 5.92 Å². The first kappa shape index (κ1) is 22.0. The van der Waals surface area contributed by atoms with Gasteiger partial charge in [0, 0.05) is 25.1 Å². The summed E-state index contributed by atoms with van der Waals surface area (Å²) in [6.07, 6.45) is 1.34. The van der Waals surface area contributed by atoms with Gasteiger partial charge in [0.25, 0.3) is 0 Å². The van der Waals surface area contributed by atoms with E-state index in [2.05, 4.69) is 10.6 Å². The number of alkyl carbamates (subject to hydrolysis) is 2. The molecular weight excluding hydrogens is 360 g/mol. The Kier molecular flexibility index (Phi) is 8.11. The smallest absolute Gasteiger partial charge is 0.407 e. The Labute approximate surface area is 167 Å². The zero-order valence-corrected chi connectivity index (χ0v) is 17.2. The maximum Gasteiger partial charge on any atom is 0.407 e. The Balaban J connectivity index is 1.82. The van der Waals surface area contributed by atoms with E-state index in [4.69, 9.17) is 14.2 Å². The minimum Gasteiger partial charge on any atom is -0.445 e. The van der Waals surface area contributed by atoms with Crippen LogP contribution >= 0.6 is 0 Å². The topological polar surface area (TPSA) is 85.9 Å². The Morgan fingerprint density at radius 3 is 2.43 bits per heavy atom. The molecule has 7 heteroatoms. The van der Waals surface area contributed by atoms with Gasteiger partial charge in [-0.15, -0.1) is 0 Å². The van der Waals surface area contributed by atoms with Crippen LogP contribution in [0.3, 0.4) is 0 Å². The molecule has 1 saturated carbocycles. The monoisotopic (exact) mass is 392 g/mol. The lowest BCUT2D eigenvalue weighted by Crippen LogP contribution is -2.50. The zero-order chi connectivity index (χ0) is 20.6. The molecule has 0 bridgehead atoms. The number of ether oxygens (including phenoxy) is 3. The van der Waals surface area contributed by atoms with E-state index in [0.29, 0.717) is 13.0 Å². The summed E-state index contributed by atoms with van der Waals surface area (Å²) >= 11 is 0. The van der Waals surface area contributed by atoms with Crippen LogP contribution in [0, 0.1) is 5.92 Å². The van der Waals surface area contributed by atoms with Crippen molar-refractivity contribution in [3.8, 4) is 0 Å². The van der Waals surface area contributed by atoms with Gasteiger partial charge in [-0.1, -0.05) is 30.3 Å². The molecule has 2 rings (SSSR count). The van der Waals surface area contributed by atoms with Crippen molar-refractivity contribution in [2.75, 3.05) is 13.7 Å². The Hall–Kier alpha value is -2.28. The van der Waals surface area contributed by atoms with Crippen LogP contribution in [0.25, 0.3) is 0 Å². The summed E-state index contributed by atoms with van der Waals surface area (Å²) in [5, 5.41) is 5.87. The molecule has 2 amide bonds. The lowest BCUT2D eigenvalue weighted by Gasteiger charge is -2.36. The average molecular weight is 392 g/mol. The van der Waals surface area contributed by atoms with Crippen LogP contribution in [-0.4, -0.2) is 43.6 Å². The Morgan fingerprint density at radius 1 is 1.07 bits per heavy atom. The maximum absolute atomic E-state index is 12.2. The average Bonchev–Trinajstić information content (AvgIpc) is 2.61. The molecule has 0 spiro atoms. The van der Waals surface area contributed by atoms with Crippen molar-refractivity contribution in [3.63, 3.8) is 0 Å². The molecule has 7 nitrogen and oxygen atoms in total. The van der Waals surface area contributed by atoms with Gasteiger partial charge in [0.05, 0.1) is 6.61 Å². The van der Waals surface area contributed by atoms with Gasteiger partial charge >= 0.3 is 12.2 Å². The highest BCUT2D eigenvalue weighted by Gasteiger charge is 2.33. The number of nitrogens with one attached hydrogen (secondary N) is 2. The van der Waals surface area contributed by atoms with E-state index in [9.17, 15) is 9.59 Å². The van der Waals surface area contributed by atoms with Crippen molar-refractivity contribution >= 4 is 12.2 Å². The highest BCUT2D eigenvalue weighted by Crippen LogP contribution is 2.26. The summed E-state index contributed by atoms with van der Waals surface area (Å²) in [7, 11) is 1.63. The number of carbonyl (C=O) groups excluding carboxylic acids is 2. The predicted molar refractivity (Wildman–Crippen MR) is 106 cm³/mol. The number of methoxy groups -OCH3 is 1. The van der Waals surface area contributed by atoms with E-state index in [1.807, 2.05) is 51.1 Å². The van der Waals surface area contributed by atoms with Gasteiger partial charge in [0.1, 0.15) is 12.2 Å². The van der Waals surface area contributed by atoms with E-state index < -0.39 is 17.8 Å². The van der Waals surface area contributed by atoms with E-state index in [1.165, 1.54) is 0 Å². The number of rotatable bonds is 6. The van der Waals surface area contributed by atoms with Crippen molar-refractivity contribution in [3.05, 3.63) is 35.9 Å². The molecule has 3 atom stereocenters. The van der Waals surface area contributed by atoms with Gasteiger partial charge in [-0.2, -0.15) is 0 Å². The summed E-state index contributed by atoms with van der Waals surface area (Å²) in [5.41, 5.74) is 0.411. The van der Waals surface area contributed by atoms with Crippen molar-refractivity contribution in [1.82, 2.24) is 10.6 Å². The maximum atomic E-state index is 12.2. The number of benzene rings is 1. The minimum absolute atomic E-state index is 0.00612. The van der Waals surface area contributed by atoms with Crippen molar-refractivity contribution < 1.29 is 23.8 Å². The van der Waals surface area contributed by atoms with Gasteiger partial charge in [0.15, 0.2) is 0 Å². The lowest BCUT2D eigenvalue weighted by molar-refractivity contribution is 0.0440. The molecule has 0 radical (unpaired) electrons. The van der Waals surface area contributed by atoms with Gasteiger partial charge in [-0.25, -0.2) is 9.59 Å². The van der Waals surface area contributed by atoms with Crippen LogP contribution in [-0.2, 0) is 20.8 Å². The minimum atomic E-state index is -0.530. The van der Waals surface area contributed by atoms with Crippen molar-refractivity contribution in [1.29, 1.82) is 0 Å². The second-order valence-electron chi connectivity index (χ2n) is 8.18. The van der Waals surface area contributed by atoms with E-state index in [0.717, 1.165) is 18.4 Å². The molecule has 1 aliphatic rings. The van der Waals surface area contributed by atoms with Crippen LogP contribution in [0.5, 0.6) is 0 Å². The van der Waals surface area contributed by atoms with Gasteiger partial charge in [-0.05, 0) is 45.6 Å². The van der Waals surface area contributed by atoms with E-state index >= 15 is 0 Å². The SMILES string of the molecule is COC[C@@H]1C[C@H](NC(=O)OC(C)(C)C)CC[C@@H]1NC(=O)OCc1ccccc1. The van der Waals surface area contributed by atoms with Gasteiger partial charge < -0.3 is 24.8 Å². The summed E-state index contributed by atoms with van der Waals surface area (Å²) < 4.78 is 16.0.